The maximum atomic E-state index is 12.0. The highest BCUT2D eigenvalue weighted by Crippen LogP contribution is 2.55. The molecule has 1 saturated heterocycles. The number of aliphatic hydroxyl groups is 2. The van der Waals surface area contributed by atoms with Crippen LogP contribution in [0.1, 0.15) is 11.8 Å². The average molecular weight is 600 g/mol. The number of halogens is 1. The molecule has 39 heavy (non-hydrogen) atoms. The van der Waals surface area contributed by atoms with Crippen molar-refractivity contribution in [1.29, 1.82) is 0 Å². The highest BCUT2D eigenvalue weighted by Gasteiger charge is 2.45. The van der Waals surface area contributed by atoms with Crippen molar-refractivity contribution in [2.24, 2.45) is 0 Å². The maximum absolute atomic E-state index is 12.0. The van der Waals surface area contributed by atoms with Crippen LogP contribution >= 0.6 is 26.8 Å². The first-order valence-corrected chi connectivity index (χ1v) is 15.5. The van der Waals surface area contributed by atoms with Gasteiger partial charge in [-0.1, -0.05) is 36.4 Å². The largest absolute Gasteiger partial charge is 0.387 e. The summed E-state index contributed by atoms with van der Waals surface area (Å²) in [6, 6.07) is 14.0. The smallest absolute Gasteiger partial charge is 0.340 e. The number of ether oxygens (including phenoxy) is 1. The van der Waals surface area contributed by atoms with Crippen LogP contribution in [0.3, 0.4) is 0 Å². The first-order chi connectivity index (χ1) is 18.4. The molecule has 5 unspecified atom stereocenters. The van der Waals surface area contributed by atoms with Crippen LogP contribution in [-0.2, 0) is 24.9 Å². The number of benzene rings is 2. The Kier molecular flexibility index (Phi) is 7.79. The van der Waals surface area contributed by atoms with E-state index in [4.69, 9.17) is 30.6 Å². The van der Waals surface area contributed by atoms with Gasteiger partial charge in [-0.25, -0.2) is 4.98 Å². The van der Waals surface area contributed by atoms with Crippen molar-refractivity contribution in [3.05, 3.63) is 59.6 Å². The fraction of sp³-hybridized carbons (Fsp3) is 0.318. The first-order valence-electron chi connectivity index (χ1n) is 11.5. The molecule has 5 rings (SSSR count). The monoisotopic (exact) mass is 599 g/mol. The Bertz CT molecular complexity index is 1620. The number of imidazole rings is 1. The van der Waals surface area contributed by atoms with Crippen molar-refractivity contribution in [2.75, 3.05) is 17.8 Å². The van der Waals surface area contributed by atoms with Gasteiger partial charge in [0, 0.05) is 6.54 Å². The zero-order valence-electron chi connectivity index (χ0n) is 20.0. The van der Waals surface area contributed by atoms with Crippen molar-refractivity contribution in [1.82, 2.24) is 19.5 Å². The lowest BCUT2D eigenvalue weighted by Crippen LogP contribution is -2.33. The summed E-state index contributed by atoms with van der Waals surface area (Å²) in [5.41, 5.74) is 1.48. The molecule has 3 heterocycles. The van der Waals surface area contributed by atoms with E-state index in [2.05, 4.69) is 20.3 Å². The van der Waals surface area contributed by atoms with Crippen LogP contribution < -0.4 is 5.32 Å². The number of anilines is 1. The van der Waals surface area contributed by atoms with E-state index in [-0.39, 0.29) is 10.9 Å². The van der Waals surface area contributed by atoms with E-state index in [9.17, 15) is 24.2 Å². The van der Waals surface area contributed by atoms with Crippen molar-refractivity contribution in [3.8, 4) is 0 Å². The molecular weight excluding hydrogens is 576 g/mol. The third kappa shape index (κ3) is 6.31. The van der Waals surface area contributed by atoms with Crippen LogP contribution in [0.25, 0.3) is 21.9 Å². The fourth-order valence-electron chi connectivity index (χ4n) is 4.29. The van der Waals surface area contributed by atoms with Gasteiger partial charge in [-0.2, -0.15) is 9.97 Å². The minimum Gasteiger partial charge on any atom is -0.387 e. The summed E-state index contributed by atoms with van der Waals surface area (Å²) in [5.74, 6) is -1.07. The second-order valence-corrected chi connectivity index (χ2v) is 13.3. The summed E-state index contributed by atoms with van der Waals surface area (Å²) in [6.07, 6.45) is -4.32. The fourth-order valence-corrected chi connectivity index (χ4v) is 7.03. The summed E-state index contributed by atoms with van der Waals surface area (Å²) in [6.45, 7) is -0.319. The number of fused-ring (bicyclic) bond motifs is 2. The quantitative estimate of drug-likeness (QED) is 0.120. The topological polar surface area (TPSA) is 209 Å². The zero-order valence-corrected chi connectivity index (χ0v) is 22.5. The molecule has 14 nitrogen and oxygen atoms in total. The minimum absolute atomic E-state index is 0.114. The highest BCUT2D eigenvalue weighted by molar-refractivity contribution is 7.70. The van der Waals surface area contributed by atoms with Gasteiger partial charge in [0.25, 0.3) is 0 Å². The third-order valence-electron chi connectivity index (χ3n) is 6.08. The number of hydrogen-bond donors (Lipinski definition) is 6. The Morgan fingerprint density at radius 1 is 1.05 bits per heavy atom. The number of aromatic nitrogens is 4. The second-order valence-electron chi connectivity index (χ2n) is 8.99. The van der Waals surface area contributed by atoms with Gasteiger partial charge >= 0.3 is 15.2 Å². The second kappa shape index (κ2) is 10.8. The van der Waals surface area contributed by atoms with Crippen LogP contribution in [0.2, 0.25) is 5.28 Å². The number of aliphatic hydroxyl groups excluding tert-OH is 2. The predicted octanol–water partition coefficient (Wildman–Crippen LogP) is 2.20. The van der Waals surface area contributed by atoms with Gasteiger partial charge in [0.15, 0.2) is 29.1 Å². The van der Waals surface area contributed by atoms with Crippen molar-refractivity contribution >= 4 is 54.5 Å². The lowest BCUT2D eigenvalue weighted by atomic mass is 10.1. The molecule has 2 aromatic carbocycles. The van der Waals surface area contributed by atoms with Crippen molar-refractivity contribution in [2.45, 2.75) is 31.1 Å². The Labute approximate surface area is 225 Å². The maximum Gasteiger partial charge on any atom is 0.340 e. The van der Waals surface area contributed by atoms with Crippen LogP contribution in [0.4, 0.5) is 5.82 Å². The standard InChI is InChI=1S/C22H24ClN5O9P2/c23-22-26-19(24-8-12-5-6-13-3-1-2-4-14(13)7-12)16-20(27-22)28(10-25-16)21-18(30)17(29)15(37-21)9-36-39(34,35)11-38(31,32)33/h1-7,10,15,17-18,21,29-30H,8-9,11H2,(H,34,35)(H,24,26,27)(H2,31,32,33). The van der Waals surface area contributed by atoms with E-state index in [1.807, 2.05) is 42.5 Å². The van der Waals surface area contributed by atoms with Crippen LogP contribution in [-0.4, -0.2) is 75.2 Å². The van der Waals surface area contributed by atoms with Crippen LogP contribution in [0.15, 0.2) is 48.8 Å². The highest BCUT2D eigenvalue weighted by atomic mass is 35.5. The predicted molar refractivity (Wildman–Crippen MR) is 140 cm³/mol. The molecule has 0 aliphatic carbocycles. The van der Waals surface area contributed by atoms with Crippen molar-refractivity contribution < 1.29 is 43.3 Å². The molecule has 1 aliphatic rings. The molecule has 6 N–H and O–H groups in total. The molecule has 4 aromatic rings. The van der Waals surface area contributed by atoms with E-state index in [0.717, 1.165) is 16.3 Å². The molecule has 2 aromatic heterocycles. The molecule has 17 heteroatoms. The average Bonchev–Trinajstić information content (AvgIpc) is 3.40. The number of nitrogens with zero attached hydrogens (tertiary/aromatic N) is 4. The van der Waals surface area contributed by atoms with E-state index in [0.29, 0.717) is 17.9 Å². The van der Waals surface area contributed by atoms with Gasteiger partial charge in [0.2, 0.25) is 5.28 Å². The molecule has 1 fully saturated rings. The molecule has 5 atom stereocenters. The Hall–Kier alpha value is -2.48. The Morgan fingerprint density at radius 3 is 2.54 bits per heavy atom. The summed E-state index contributed by atoms with van der Waals surface area (Å²) < 4.78 is 34.7. The summed E-state index contributed by atoms with van der Waals surface area (Å²) >= 11 is 6.17. The number of rotatable bonds is 9. The summed E-state index contributed by atoms with van der Waals surface area (Å²) in [4.78, 5) is 40.3. The van der Waals surface area contributed by atoms with E-state index in [1.165, 1.54) is 10.9 Å². The van der Waals surface area contributed by atoms with Gasteiger partial charge in [0.1, 0.15) is 18.3 Å². The van der Waals surface area contributed by atoms with Gasteiger partial charge < -0.3 is 39.5 Å². The summed E-state index contributed by atoms with van der Waals surface area (Å²) in [7, 11) is -9.53. The molecule has 0 radical (unpaired) electrons. The van der Waals surface area contributed by atoms with Gasteiger partial charge in [-0.05, 0) is 34.0 Å². The zero-order chi connectivity index (χ0) is 27.9. The van der Waals surface area contributed by atoms with E-state index in [1.54, 1.807) is 0 Å². The first kappa shape index (κ1) is 28.1. The van der Waals surface area contributed by atoms with Crippen LogP contribution in [0.5, 0.6) is 0 Å². The van der Waals surface area contributed by atoms with Crippen LogP contribution in [0, 0.1) is 0 Å². The normalized spacial score (nSPS) is 23.3. The van der Waals surface area contributed by atoms with Gasteiger partial charge in [-0.15, -0.1) is 0 Å². The minimum atomic E-state index is -4.84. The lowest BCUT2D eigenvalue weighted by molar-refractivity contribution is -0.0483. The molecule has 208 valence electrons. The van der Waals surface area contributed by atoms with Crippen molar-refractivity contribution in [3.63, 3.8) is 0 Å². The molecule has 0 spiro atoms. The van der Waals surface area contributed by atoms with Gasteiger partial charge in [-0.3, -0.25) is 13.7 Å². The molecular formula is C22H24ClN5O9P2. The molecule has 0 saturated carbocycles. The molecule has 0 amide bonds. The van der Waals surface area contributed by atoms with E-state index < -0.39 is 52.2 Å². The molecule has 0 bridgehead atoms. The third-order valence-corrected chi connectivity index (χ3v) is 9.71. The number of nitrogens with one attached hydrogen (secondary N) is 1. The Balaban J connectivity index is 1.34. The Morgan fingerprint density at radius 2 is 1.79 bits per heavy atom. The SMILES string of the molecule is O=P(O)(O)CP(=O)(O)OCC1OC(n2cnc3c(NCc4ccc5ccccc5c4)nc(Cl)nc32)C(O)C1O. The van der Waals surface area contributed by atoms with Gasteiger partial charge in [0.05, 0.1) is 12.9 Å². The van der Waals surface area contributed by atoms with E-state index >= 15 is 0 Å². The number of hydrogen-bond acceptors (Lipinski definition) is 10. The summed E-state index contributed by atoms with van der Waals surface area (Å²) in [5, 5.41) is 26.3. The molecule has 1 aliphatic heterocycles. The lowest BCUT2D eigenvalue weighted by Gasteiger charge is -2.18.